The Morgan fingerprint density at radius 2 is 1.89 bits per heavy atom. The monoisotopic (exact) mass is 289 g/mol. The number of halogens is 3. The molecule has 0 bridgehead atoms. The van der Waals surface area contributed by atoms with Crippen LogP contribution >= 0.6 is 0 Å². The first-order valence-corrected chi connectivity index (χ1v) is 5.42. The third-order valence-corrected chi connectivity index (χ3v) is 2.21. The second-order valence-corrected chi connectivity index (χ2v) is 4.85. The van der Waals surface area contributed by atoms with Crippen molar-refractivity contribution in [3.05, 3.63) is 0 Å². The highest BCUT2D eigenvalue weighted by atomic mass is 19.4. The summed E-state index contributed by atoms with van der Waals surface area (Å²) in [7, 11) is 0. The number of hydrogen-bond donors (Lipinski definition) is 0. The van der Waals surface area contributed by atoms with E-state index >= 15 is 0 Å². The van der Waals surface area contributed by atoms with Crippen molar-refractivity contribution in [1.82, 2.24) is 9.80 Å². The van der Waals surface area contributed by atoms with Crippen LogP contribution in [0.2, 0.25) is 0 Å². The lowest BCUT2D eigenvalue weighted by molar-refractivity contribution is -0.200. The van der Waals surface area contributed by atoms with Crippen molar-refractivity contribution < 1.29 is 32.3 Å². The van der Waals surface area contributed by atoms with Gasteiger partial charge >= 0.3 is 12.3 Å². The topological polar surface area (TPSA) is 32.8 Å². The van der Waals surface area contributed by atoms with Gasteiger partial charge in [0.15, 0.2) is 6.08 Å². The molecule has 19 heavy (non-hydrogen) atoms. The highest BCUT2D eigenvalue weighted by Crippen LogP contribution is 2.23. The zero-order valence-electron chi connectivity index (χ0n) is 18.0. The van der Waals surface area contributed by atoms with Crippen molar-refractivity contribution in [2.24, 2.45) is 0 Å². The Morgan fingerprint density at radius 1 is 1.32 bits per heavy atom. The molecule has 4 nitrogen and oxygen atoms in total. The number of ether oxygens (including phenoxy) is 1. The summed E-state index contributed by atoms with van der Waals surface area (Å²) in [6.45, 7) is -5.60. The number of alkyl halides is 3. The summed E-state index contributed by atoms with van der Waals surface area (Å²) in [4.78, 5) is 12.7. The van der Waals surface area contributed by atoms with Crippen LogP contribution in [0, 0.1) is 0 Å². The fraction of sp³-hybridized carbons (Fsp3) is 0.917. The Morgan fingerprint density at radius 3 is 2.37 bits per heavy atom. The molecule has 1 rings (SSSR count). The van der Waals surface area contributed by atoms with Gasteiger partial charge in [0.1, 0.15) is 0 Å². The molecule has 0 aromatic carbocycles. The Hall–Kier alpha value is -0.980. The van der Waals surface area contributed by atoms with Gasteiger partial charge in [-0.1, -0.05) is 0 Å². The second kappa shape index (κ2) is 5.56. The predicted molar refractivity (Wildman–Crippen MR) is 64.9 cm³/mol. The summed E-state index contributed by atoms with van der Waals surface area (Å²) < 4.78 is 97.2. The second-order valence-electron chi connectivity index (χ2n) is 4.85. The van der Waals surface area contributed by atoms with Crippen LogP contribution in [0.1, 0.15) is 37.3 Å². The lowest BCUT2D eigenvalue weighted by Crippen LogP contribution is -2.55. The molecule has 1 saturated heterocycles. The molecule has 0 aromatic heterocycles. The first kappa shape index (κ1) is 8.34. The fourth-order valence-electron chi connectivity index (χ4n) is 1.05. The molecule has 1 amide bonds. The van der Waals surface area contributed by atoms with Crippen molar-refractivity contribution in [3.63, 3.8) is 0 Å². The standard InChI is InChI=1S/C12H21F3N2O2/c1-9(12(13,14)15)19-10(18)16-5-7-17(8-6-16)11(2,3)4/h9H,5-8H2,1-4H3/i5D,6D2,7D2,8D,9D. The SMILES string of the molecule is [2H]C1N(C(C)(C)C)C([2H])([2H])C([2H])N(C(=O)OC([2H])(C)C(F)(F)F)C1([2H])[2H]. The molecule has 0 radical (unpaired) electrons. The minimum Gasteiger partial charge on any atom is -0.437 e. The van der Waals surface area contributed by atoms with E-state index in [4.69, 9.17) is 9.60 Å². The molecule has 1 aliphatic rings. The normalized spacial score (nSPS) is 40.4. The summed E-state index contributed by atoms with van der Waals surface area (Å²) in [5.41, 5.74) is -1.13. The zero-order chi connectivity index (χ0) is 21.1. The molecule has 3 atom stereocenters. The quantitative estimate of drug-likeness (QED) is 0.743. The average Bonchev–Trinajstić information content (AvgIpc) is 2.32. The van der Waals surface area contributed by atoms with E-state index in [0.29, 0.717) is 0 Å². The van der Waals surface area contributed by atoms with Crippen LogP contribution < -0.4 is 0 Å². The number of hydrogen-bond acceptors (Lipinski definition) is 3. The van der Waals surface area contributed by atoms with Crippen molar-refractivity contribution in [3.8, 4) is 0 Å². The van der Waals surface area contributed by atoms with Crippen LogP contribution in [0.15, 0.2) is 0 Å². The number of piperazine rings is 1. The van der Waals surface area contributed by atoms with Gasteiger partial charge in [0.2, 0.25) is 0 Å². The molecule has 0 saturated carbocycles. The first-order chi connectivity index (χ1) is 11.2. The molecular weight excluding hydrogens is 261 g/mol. The average molecular weight is 289 g/mol. The number of nitrogens with zero attached hydrogens (tertiary/aromatic N) is 2. The molecule has 1 fully saturated rings. The van der Waals surface area contributed by atoms with E-state index in [9.17, 15) is 18.0 Å². The van der Waals surface area contributed by atoms with E-state index in [1.807, 2.05) is 0 Å². The summed E-state index contributed by atoms with van der Waals surface area (Å²) in [5, 5.41) is 0. The molecular formula is C12H21F3N2O2. The maximum Gasteiger partial charge on any atom is 0.425 e. The molecule has 0 aliphatic carbocycles. The minimum atomic E-state index is -5.29. The molecule has 0 aromatic rings. The van der Waals surface area contributed by atoms with Crippen LogP contribution in [0.5, 0.6) is 0 Å². The third-order valence-electron chi connectivity index (χ3n) is 2.21. The van der Waals surface area contributed by atoms with Gasteiger partial charge in [-0.15, -0.1) is 0 Å². The van der Waals surface area contributed by atoms with Crippen molar-refractivity contribution in [1.29, 1.82) is 0 Å². The first-order valence-electron chi connectivity index (χ1n) is 9.07. The molecule has 112 valence electrons. The summed E-state index contributed by atoms with van der Waals surface area (Å²) in [6, 6.07) is 0. The van der Waals surface area contributed by atoms with E-state index < -0.39 is 49.9 Å². The van der Waals surface area contributed by atoms with Crippen molar-refractivity contribution in [2.75, 3.05) is 26.0 Å². The smallest absolute Gasteiger partial charge is 0.425 e. The van der Waals surface area contributed by atoms with Crippen molar-refractivity contribution >= 4 is 6.09 Å². The van der Waals surface area contributed by atoms with Crippen LogP contribution in [0.25, 0.3) is 0 Å². The third kappa shape index (κ3) is 4.56. The minimum absolute atomic E-state index is 0.203. The predicted octanol–water partition coefficient (Wildman–Crippen LogP) is 2.49. The fourth-order valence-corrected chi connectivity index (χ4v) is 1.05. The summed E-state index contributed by atoms with van der Waals surface area (Å²) >= 11 is 0. The molecule has 3 unspecified atom stereocenters. The summed E-state index contributed by atoms with van der Waals surface area (Å²) in [5.74, 6) is 0. The van der Waals surface area contributed by atoms with Crippen LogP contribution in [0.4, 0.5) is 18.0 Å². The Labute approximate surface area is 121 Å². The molecule has 7 heteroatoms. The number of carbonyl (C=O) groups excluding carboxylic acids is 1. The van der Waals surface area contributed by atoms with Gasteiger partial charge in [-0.2, -0.15) is 13.2 Å². The molecule has 1 aliphatic heterocycles. The summed E-state index contributed by atoms with van der Waals surface area (Å²) in [6.07, 6.45) is -11.1. The van der Waals surface area contributed by atoms with Gasteiger partial charge in [0.05, 0.1) is 5.48 Å². The number of rotatable bonds is 1. The maximum absolute atomic E-state index is 12.8. The maximum atomic E-state index is 12.8. The Bertz CT molecular complexity index is 566. The van der Waals surface area contributed by atoms with E-state index in [-0.39, 0.29) is 11.8 Å². The van der Waals surface area contributed by atoms with Gasteiger partial charge < -0.3 is 9.64 Å². The molecule has 0 N–H and O–H groups in total. The Balaban J connectivity index is 3.35. The van der Waals surface area contributed by atoms with Gasteiger partial charge in [-0.3, -0.25) is 4.90 Å². The zero-order valence-corrected chi connectivity index (χ0v) is 11.0. The highest BCUT2D eigenvalue weighted by Gasteiger charge is 2.40. The lowest BCUT2D eigenvalue weighted by atomic mass is 10.1. The van der Waals surface area contributed by atoms with Gasteiger partial charge in [-0.25, -0.2) is 4.79 Å². The van der Waals surface area contributed by atoms with E-state index in [0.717, 1.165) is 4.90 Å². The van der Waals surface area contributed by atoms with E-state index in [1.165, 1.54) is 20.8 Å². The highest BCUT2D eigenvalue weighted by molar-refractivity contribution is 5.68. The van der Waals surface area contributed by atoms with Crippen LogP contribution in [-0.2, 0) is 4.74 Å². The van der Waals surface area contributed by atoms with Gasteiger partial charge in [-0.05, 0) is 27.7 Å². The molecule has 0 spiro atoms. The van der Waals surface area contributed by atoms with Gasteiger partial charge in [0.25, 0.3) is 0 Å². The van der Waals surface area contributed by atoms with Crippen LogP contribution in [0.3, 0.4) is 0 Å². The van der Waals surface area contributed by atoms with Crippen LogP contribution in [-0.4, -0.2) is 59.7 Å². The largest absolute Gasteiger partial charge is 0.437 e. The van der Waals surface area contributed by atoms with E-state index in [2.05, 4.69) is 4.74 Å². The molecule has 1 heterocycles. The van der Waals surface area contributed by atoms with Crippen molar-refractivity contribution in [2.45, 2.75) is 45.5 Å². The Kier molecular flexibility index (Phi) is 2.44. The number of carbonyl (C=O) groups is 1. The number of amides is 1. The lowest BCUT2D eigenvalue weighted by Gasteiger charge is -2.42. The van der Waals surface area contributed by atoms with Gasteiger partial charge in [0, 0.05) is 35.7 Å². The van der Waals surface area contributed by atoms with E-state index in [1.54, 1.807) is 0 Å².